The number of nitrogen functional groups attached to an aromatic ring is 1. The molecule has 0 fully saturated rings. The molecule has 0 spiro atoms. The fourth-order valence-electron chi connectivity index (χ4n) is 0.871. The lowest BCUT2D eigenvalue weighted by molar-refractivity contribution is -0.154. The molecule has 0 amide bonds. The van der Waals surface area contributed by atoms with Gasteiger partial charge in [-0.3, -0.25) is 0 Å². The Hall–Kier alpha value is -1.53. The number of halogens is 5. The minimum Gasteiger partial charge on any atom is -0.478 e. The van der Waals surface area contributed by atoms with E-state index in [1.165, 1.54) is 0 Å². The molecule has 7 heteroatoms. The second-order valence-electron chi connectivity index (χ2n) is 2.72. The van der Waals surface area contributed by atoms with Crippen LogP contribution < -0.4 is 10.5 Å². The molecule has 0 aliphatic carbocycles. The van der Waals surface area contributed by atoms with Gasteiger partial charge in [0.1, 0.15) is 0 Å². The van der Waals surface area contributed by atoms with Gasteiger partial charge in [0.25, 0.3) is 0 Å². The second kappa shape index (κ2) is 3.92. The van der Waals surface area contributed by atoms with Crippen LogP contribution in [0.2, 0.25) is 0 Å². The van der Waals surface area contributed by atoms with Gasteiger partial charge in [-0.2, -0.15) is 13.2 Å². The Bertz CT molecular complexity index is 340. The van der Waals surface area contributed by atoms with Crippen LogP contribution in [0.5, 0.6) is 5.75 Å². The summed E-state index contributed by atoms with van der Waals surface area (Å²) in [6, 6.07) is 1.35. The lowest BCUT2D eigenvalue weighted by Gasteiger charge is -2.10. The van der Waals surface area contributed by atoms with E-state index in [1.54, 1.807) is 0 Å². The Morgan fingerprint density at radius 3 is 2.00 bits per heavy atom. The third-order valence-electron chi connectivity index (χ3n) is 1.40. The Kier molecular flexibility index (Phi) is 3.01. The molecule has 1 aromatic rings. The van der Waals surface area contributed by atoms with Gasteiger partial charge >= 0.3 is 6.18 Å². The zero-order valence-corrected chi connectivity index (χ0v) is 7.24. The maximum Gasteiger partial charge on any atom is 0.422 e. The van der Waals surface area contributed by atoms with Gasteiger partial charge < -0.3 is 10.5 Å². The first-order valence-corrected chi connectivity index (χ1v) is 3.73. The number of benzene rings is 1. The molecule has 0 aliphatic heterocycles. The molecule has 0 aromatic heterocycles. The van der Waals surface area contributed by atoms with Gasteiger partial charge in [-0.05, 0) is 0 Å². The van der Waals surface area contributed by atoms with E-state index < -0.39 is 30.2 Å². The number of hydrogen-bond acceptors (Lipinski definition) is 2. The van der Waals surface area contributed by atoms with Crippen LogP contribution in [0.25, 0.3) is 0 Å². The van der Waals surface area contributed by atoms with E-state index in [1.807, 2.05) is 0 Å². The maximum atomic E-state index is 12.9. The van der Waals surface area contributed by atoms with E-state index in [2.05, 4.69) is 4.74 Å². The van der Waals surface area contributed by atoms with Crippen LogP contribution in [0.15, 0.2) is 12.1 Å². The molecule has 2 N–H and O–H groups in total. The molecule has 0 saturated heterocycles. The molecular formula is C8H6F5NO. The highest BCUT2D eigenvalue weighted by atomic mass is 19.4. The fourth-order valence-corrected chi connectivity index (χ4v) is 0.871. The third kappa shape index (κ3) is 3.26. The van der Waals surface area contributed by atoms with Crippen molar-refractivity contribution >= 4 is 5.69 Å². The van der Waals surface area contributed by atoms with Crippen LogP contribution in [0, 0.1) is 11.6 Å². The SMILES string of the molecule is Nc1cc(F)c(OCC(F)(F)F)c(F)c1. The molecule has 0 atom stereocenters. The van der Waals surface area contributed by atoms with Crippen LogP contribution in [0.1, 0.15) is 0 Å². The number of alkyl halides is 3. The van der Waals surface area contributed by atoms with Crippen molar-refractivity contribution in [3.63, 3.8) is 0 Å². The summed E-state index contributed by atoms with van der Waals surface area (Å²) in [7, 11) is 0. The standard InChI is InChI=1S/C8H6F5NO/c9-5-1-4(14)2-6(10)7(5)15-3-8(11,12)13/h1-2H,3,14H2. The van der Waals surface area contributed by atoms with Gasteiger partial charge in [-0.1, -0.05) is 0 Å². The molecule has 0 saturated carbocycles. The van der Waals surface area contributed by atoms with Crippen LogP contribution >= 0.6 is 0 Å². The average Bonchev–Trinajstić information content (AvgIpc) is 1.99. The van der Waals surface area contributed by atoms with E-state index in [4.69, 9.17) is 5.73 Å². The predicted molar refractivity (Wildman–Crippen MR) is 42.3 cm³/mol. The predicted octanol–water partition coefficient (Wildman–Crippen LogP) is 2.49. The Morgan fingerprint density at radius 2 is 1.60 bits per heavy atom. The number of ether oxygens (including phenoxy) is 1. The highest BCUT2D eigenvalue weighted by molar-refractivity contribution is 5.44. The molecule has 0 radical (unpaired) electrons. The molecule has 1 aromatic carbocycles. The molecule has 0 bridgehead atoms. The first kappa shape index (κ1) is 11.5. The van der Waals surface area contributed by atoms with Gasteiger partial charge in [0.05, 0.1) is 0 Å². The van der Waals surface area contributed by atoms with Crippen molar-refractivity contribution in [2.24, 2.45) is 0 Å². The Balaban J connectivity index is 2.86. The Labute approximate surface area is 81.4 Å². The van der Waals surface area contributed by atoms with Crippen molar-refractivity contribution < 1.29 is 26.7 Å². The minimum absolute atomic E-state index is 0.232. The normalized spacial score (nSPS) is 11.5. The van der Waals surface area contributed by atoms with Crippen molar-refractivity contribution in [1.29, 1.82) is 0 Å². The topological polar surface area (TPSA) is 35.2 Å². The molecule has 0 aliphatic rings. The first-order valence-electron chi connectivity index (χ1n) is 3.73. The van der Waals surface area contributed by atoms with Crippen LogP contribution in [-0.2, 0) is 0 Å². The molecule has 2 nitrogen and oxygen atoms in total. The lowest BCUT2D eigenvalue weighted by atomic mass is 10.3. The molecule has 0 heterocycles. The van der Waals surface area contributed by atoms with E-state index >= 15 is 0 Å². The number of nitrogens with two attached hydrogens (primary N) is 1. The monoisotopic (exact) mass is 227 g/mol. The summed E-state index contributed by atoms with van der Waals surface area (Å²) in [5.41, 5.74) is 4.82. The van der Waals surface area contributed by atoms with Crippen LogP contribution in [0.3, 0.4) is 0 Å². The van der Waals surface area contributed by atoms with Crippen molar-refractivity contribution in [3.8, 4) is 5.75 Å². The van der Waals surface area contributed by atoms with Crippen molar-refractivity contribution in [1.82, 2.24) is 0 Å². The van der Waals surface area contributed by atoms with Crippen molar-refractivity contribution in [3.05, 3.63) is 23.8 Å². The van der Waals surface area contributed by atoms with Gasteiger partial charge in [0.2, 0.25) is 0 Å². The molecule has 84 valence electrons. The Morgan fingerprint density at radius 1 is 1.13 bits per heavy atom. The van der Waals surface area contributed by atoms with Gasteiger partial charge in [0.15, 0.2) is 24.0 Å². The van der Waals surface area contributed by atoms with Crippen LogP contribution in [0.4, 0.5) is 27.6 Å². The summed E-state index contributed by atoms with van der Waals surface area (Å²) in [6.45, 7) is -1.76. The highest BCUT2D eigenvalue weighted by Crippen LogP contribution is 2.26. The second-order valence-corrected chi connectivity index (χ2v) is 2.72. The van der Waals surface area contributed by atoms with Gasteiger partial charge in [0, 0.05) is 17.8 Å². The van der Waals surface area contributed by atoms with Crippen molar-refractivity contribution in [2.75, 3.05) is 12.3 Å². The average molecular weight is 227 g/mol. The fraction of sp³-hybridized carbons (Fsp3) is 0.250. The van der Waals surface area contributed by atoms with E-state index in [-0.39, 0.29) is 5.69 Å². The molecule has 15 heavy (non-hydrogen) atoms. The summed E-state index contributed by atoms with van der Waals surface area (Å²) in [4.78, 5) is 0. The van der Waals surface area contributed by atoms with Crippen molar-refractivity contribution in [2.45, 2.75) is 6.18 Å². The number of rotatable bonds is 2. The smallest absolute Gasteiger partial charge is 0.422 e. The largest absolute Gasteiger partial charge is 0.478 e. The summed E-state index contributed by atoms with van der Waals surface area (Å²) in [5, 5.41) is 0. The van der Waals surface area contributed by atoms with E-state index in [0.717, 1.165) is 0 Å². The quantitative estimate of drug-likeness (QED) is 0.622. The third-order valence-corrected chi connectivity index (χ3v) is 1.40. The first-order chi connectivity index (χ1) is 6.79. The van der Waals surface area contributed by atoms with E-state index in [0.29, 0.717) is 12.1 Å². The zero-order chi connectivity index (χ0) is 11.6. The summed E-state index contributed by atoms with van der Waals surface area (Å²) >= 11 is 0. The maximum absolute atomic E-state index is 12.9. The molecular weight excluding hydrogens is 221 g/mol. The van der Waals surface area contributed by atoms with Gasteiger partial charge in [-0.15, -0.1) is 0 Å². The highest BCUT2D eigenvalue weighted by Gasteiger charge is 2.29. The summed E-state index contributed by atoms with van der Waals surface area (Å²) < 4.78 is 64.8. The zero-order valence-electron chi connectivity index (χ0n) is 7.24. The van der Waals surface area contributed by atoms with Crippen LogP contribution in [-0.4, -0.2) is 12.8 Å². The molecule has 0 unspecified atom stereocenters. The van der Waals surface area contributed by atoms with E-state index in [9.17, 15) is 22.0 Å². The summed E-state index contributed by atoms with van der Waals surface area (Å²) in [6.07, 6.45) is -4.65. The summed E-state index contributed by atoms with van der Waals surface area (Å²) in [5.74, 6) is -3.62. The lowest BCUT2D eigenvalue weighted by Crippen LogP contribution is -2.20. The number of hydrogen-bond donors (Lipinski definition) is 1. The molecule has 1 rings (SSSR count). The van der Waals surface area contributed by atoms with Gasteiger partial charge in [-0.25, -0.2) is 8.78 Å². The minimum atomic E-state index is -4.65. The number of anilines is 1.